The predicted molar refractivity (Wildman–Crippen MR) is 130 cm³/mol. The normalized spacial score (nSPS) is 22.3. The SMILES string of the molecule is CCN(Cc1cn(C[C@H]2O[C@@H](n3cnc4c(N)ncnc43)[C@H](O)[C@@H]2O)nn1)S(=O)(=O)c1ccc(C)cc1. The standard InChI is InChI=1S/C22H27N9O5S/c1-3-30(37(34,35)15-6-4-13(2)5-7-15)9-14-8-29(28-27-14)10-16-18(32)19(33)22(36-16)31-12-26-17-20(23)24-11-25-21(17)31/h4-8,11-12,16,18-19,22,32-33H,3,9-10H2,1-2H3,(H2,23,24,25)/t16-,18-,19-,22-/m1/s1. The van der Waals surface area contributed by atoms with Gasteiger partial charge in [0.15, 0.2) is 17.7 Å². The Morgan fingerprint density at radius 3 is 2.62 bits per heavy atom. The Morgan fingerprint density at radius 2 is 1.89 bits per heavy atom. The number of aryl methyl sites for hydroxylation is 1. The van der Waals surface area contributed by atoms with Crippen LogP contribution < -0.4 is 5.73 Å². The number of hydrogen-bond donors (Lipinski definition) is 3. The average molecular weight is 530 g/mol. The molecule has 0 unspecified atom stereocenters. The molecule has 0 radical (unpaired) electrons. The van der Waals surface area contributed by atoms with Crippen molar-refractivity contribution in [3.8, 4) is 0 Å². The summed E-state index contributed by atoms with van der Waals surface area (Å²) < 4.78 is 36.3. The van der Waals surface area contributed by atoms with Crippen molar-refractivity contribution in [1.29, 1.82) is 0 Å². The average Bonchev–Trinajstić information content (AvgIpc) is 3.58. The van der Waals surface area contributed by atoms with Crippen LogP contribution in [0.15, 0.2) is 48.0 Å². The molecule has 4 N–H and O–H groups in total. The molecule has 0 bridgehead atoms. The Kier molecular flexibility index (Phi) is 6.63. The molecule has 1 aliphatic heterocycles. The number of benzene rings is 1. The monoisotopic (exact) mass is 529 g/mol. The Bertz CT molecular complexity index is 1500. The zero-order valence-corrected chi connectivity index (χ0v) is 21.0. The molecule has 1 saturated heterocycles. The summed E-state index contributed by atoms with van der Waals surface area (Å²) in [5.41, 5.74) is 7.95. The van der Waals surface area contributed by atoms with Gasteiger partial charge < -0.3 is 20.7 Å². The molecule has 1 aliphatic rings. The lowest BCUT2D eigenvalue weighted by Crippen LogP contribution is -2.33. The van der Waals surface area contributed by atoms with Gasteiger partial charge in [-0.2, -0.15) is 4.31 Å². The van der Waals surface area contributed by atoms with E-state index in [4.69, 9.17) is 10.5 Å². The van der Waals surface area contributed by atoms with Gasteiger partial charge in [-0.15, -0.1) is 5.10 Å². The van der Waals surface area contributed by atoms with E-state index in [1.165, 1.54) is 26.2 Å². The van der Waals surface area contributed by atoms with Crippen LogP contribution in [0.4, 0.5) is 5.82 Å². The molecule has 37 heavy (non-hydrogen) atoms. The van der Waals surface area contributed by atoms with Crippen molar-refractivity contribution in [1.82, 2.24) is 38.8 Å². The Labute approximate surface area is 212 Å². The Balaban J connectivity index is 1.29. The molecule has 0 spiro atoms. The van der Waals surface area contributed by atoms with Crippen LogP contribution in [-0.4, -0.2) is 82.3 Å². The van der Waals surface area contributed by atoms with Crippen molar-refractivity contribution in [3.63, 3.8) is 0 Å². The van der Waals surface area contributed by atoms with Crippen LogP contribution in [0.1, 0.15) is 24.4 Å². The number of fused-ring (bicyclic) bond motifs is 1. The molecule has 3 aromatic heterocycles. The summed E-state index contributed by atoms with van der Waals surface area (Å²) in [5.74, 6) is 0.189. The lowest BCUT2D eigenvalue weighted by atomic mass is 10.1. The minimum Gasteiger partial charge on any atom is -0.387 e. The van der Waals surface area contributed by atoms with Crippen LogP contribution in [0, 0.1) is 6.92 Å². The molecule has 1 fully saturated rings. The van der Waals surface area contributed by atoms with E-state index in [9.17, 15) is 18.6 Å². The summed E-state index contributed by atoms with van der Waals surface area (Å²) in [6.07, 6.45) is -0.00728. The van der Waals surface area contributed by atoms with Crippen LogP contribution in [0.3, 0.4) is 0 Å². The second-order valence-corrected chi connectivity index (χ2v) is 10.7. The second-order valence-electron chi connectivity index (χ2n) is 8.81. The van der Waals surface area contributed by atoms with Crippen molar-refractivity contribution in [2.75, 3.05) is 12.3 Å². The molecular weight excluding hydrogens is 502 g/mol. The minimum absolute atomic E-state index is 0.0220. The summed E-state index contributed by atoms with van der Waals surface area (Å²) in [7, 11) is -3.72. The maximum atomic E-state index is 13.1. The number of sulfonamides is 1. The Hall–Kier alpha value is -3.50. The van der Waals surface area contributed by atoms with Crippen LogP contribution in [0.25, 0.3) is 11.2 Å². The predicted octanol–water partition coefficient (Wildman–Crippen LogP) is -0.161. The van der Waals surface area contributed by atoms with Crippen molar-refractivity contribution < 1.29 is 23.4 Å². The fraction of sp³-hybridized carbons (Fsp3) is 0.409. The number of hydrogen-bond acceptors (Lipinski definition) is 11. The van der Waals surface area contributed by atoms with Crippen molar-refractivity contribution in [3.05, 3.63) is 54.4 Å². The molecular formula is C22H27N9O5S. The first-order valence-corrected chi connectivity index (χ1v) is 13.0. The first-order valence-electron chi connectivity index (χ1n) is 11.6. The van der Waals surface area contributed by atoms with Gasteiger partial charge in [0.05, 0.1) is 30.0 Å². The molecule has 4 aromatic rings. The molecule has 196 valence electrons. The summed E-state index contributed by atoms with van der Waals surface area (Å²) in [5, 5.41) is 29.5. The molecule has 5 rings (SSSR count). The molecule has 4 heterocycles. The highest BCUT2D eigenvalue weighted by Crippen LogP contribution is 2.32. The van der Waals surface area contributed by atoms with Gasteiger partial charge in [-0.1, -0.05) is 29.8 Å². The van der Waals surface area contributed by atoms with Gasteiger partial charge in [0.25, 0.3) is 0 Å². The Morgan fingerprint density at radius 1 is 1.14 bits per heavy atom. The number of nitrogen functional groups attached to an aromatic ring is 1. The highest BCUT2D eigenvalue weighted by molar-refractivity contribution is 7.89. The van der Waals surface area contributed by atoms with E-state index in [0.29, 0.717) is 16.9 Å². The van der Waals surface area contributed by atoms with Gasteiger partial charge >= 0.3 is 0 Å². The van der Waals surface area contributed by atoms with Crippen LogP contribution >= 0.6 is 0 Å². The van der Waals surface area contributed by atoms with Crippen molar-refractivity contribution >= 4 is 27.0 Å². The summed E-state index contributed by atoms with van der Waals surface area (Å²) in [4.78, 5) is 12.4. The third-order valence-electron chi connectivity index (χ3n) is 6.30. The van der Waals surface area contributed by atoms with Gasteiger partial charge in [0, 0.05) is 12.7 Å². The highest BCUT2D eigenvalue weighted by Gasteiger charge is 2.44. The van der Waals surface area contributed by atoms with Crippen LogP contribution in [-0.2, 0) is 27.8 Å². The molecule has 0 aliphatic carbocycles. The first-order chi connectivity index (χ1) is 17.7. The summed E-state index contributed by atoms with van der Waals surface area (Å²) >= 11 is 0. The van der Waals surface area contributed by atoms with E-state index in [-0.39, 0.29) is 30.3 Å². The topological polar surface area (TPSA) is 187 Å². The quantitative estimate of drug-likeness (QED) is 0.275. The van der Waals surface area contributed by atoms with Crippen LogP contribution in [0.5, 0.6) is 0 Å². The molecule has 1 aromatic carbocycles. The van der Waals surface area contributed by atoms with Gasteiger partial charge in [-0.05, 0) is 19.1 Å². The van der Waals surface area contributed by atoms with E-state index in [1.54, 1.807) is 37.4 Å². The fourth-order valence-corrected chi connectivity index (χ4v) is 5.68. The number of aliphatic hydroxyl groups is 2. The highest BCUT2D eigenvalue weighted by atomic mass is 32.2. The maximum absolute atomic E-state index is 13.1. The largest absolute Gasteiger partial charge is 0.387 e. The number of imidazole rings is 1. The maximum Gasteiger partial charge on any atom is 0.243 e. The van der Waals surface area contributed by atoms with Gasteiger partial charge in [-0.25, -0.2) is 28.1 Å². The summed E-state index contributed by atoms with van der Waals surface area (Å²) in [6.45, 7) is 3.98. The van der Waals surface area contributed by atoms with E-state index in [1.807, 2.05) is 6.92 Å². The van der Waals surface area contributed by atoms with Gasteiger partial charge in [-0.3, -0.25) is 4.57 Å². The molecule has 14 nitrogen and oxygen atoms in total. The fourth-order valence-electron chi connectivity index (χ4n) is 4.26. The number of rotatable bonds is 8. The summed E-state index contributed by atoms with van der Waals surface area (Å²) in [6, 6.07) is 6.66. The lowest BCUT2D eigenvalue weighted by Gasteiger charge is -2.19. The molecule has 0 amide bonds. The molecule has 4 atom stereocenters. The van der Waals surface area contributed by atoms with Crippen molar-refractivity contribution in [2.45, 2.75) is 56.4 Å². The minimum atomic E-state index is -3.72. The third-order valence-corrected chi connectivity index (χ3v) is 8.24. The first kappa shape index (κ1) is 25.2. The molecule has 15 heteroatoms. The lowest BCUT2D eigenvalue weighted by molar-refractivity contribution is -0.0403. The van der Waals surface area contributed by atoms with Gasteiger partial charge in [0.2, 0.25) is 10.0 Å². The van der Waals surface area contributed by atoms with E-state index in [2.05, 4.69) is 25.3 Å². The van der Waals surface area contributed by atoms with Crippen molar-refractivity contribution in [2.24, 2.45) is 0 Å². The number of aromatic nitrogens is 7. The van der Waals surface area contributed by atoms with E-state index >= 15 is 0 Å². The number of ether oxygens (including phenoxy) is 1. The number of aliphatic hydroxyl groups excluding tert-OH is 2. The number of nitrogens with two attached hydrogens (primary N) is 1. The van der Waals surface area contributed by atoms with Gasteiger partial charge in [0.1, 0.15) is 30.2 Å². The smallest absolute Gasteiger partial charge is 0.243 e. The van der Waals surface area contributed by atoms with E-state index < -0.39 is 34.6 Å². The third kappa shape index (κ3) is 4.67. The zero-order valence-electron chi connectivity index (χ0n) is 20.2. The number of nitrogens with zero attached hydrogens (tertiary/aromatic N) is 8. The van der Waals surface area contributed by atoms with Crippen LogP contribution in [0.2, 0.25) is 0 Å². The van der Waals surface area contributed by atoms with E-state index in [0.717, 1.165) is 5.56 Å². The zero-order chi connectivity index (χ0) is 26.3. The molecule has 0 saturated carbocycles. The number of anilines is 1. The second kappa shape index (κ2) is 9.75.